The zero-order chi connectivity index (χ0) is 16.7. The molecule has 0 bridgehead atoms. The molecule has 1 aliphatic carbocycles. The van der Waals surface area contributed by atoms with Gasteiger partial charge in [-0.15, -0.1) is 0 Å². The van der Waals surface area contributed by atoms with Crippen molar-refractivity contribution in [2.45, 2.75) is 0 Å². The minimum Gasteiger partial charge on any atom is -0.545 e. The van der Waals surface area contributed by atoms with Crippen LogP contribution in [0.4, 0.5) is 5.88 Å². The first kappa shape index (κ1) is 14.4. The largest absolute Gasteiger partial charge is 0.545 e. The molecule has 0 radical (unpaired) electrons. The minimum atomic E-state index is -1.47. The van der Waals surface area contributed by atoms with Gasteiger partial charge in [-0.2, -0.15) is 0 Å². The number of allylic oxidation sites excluding steroid dienone is 1. The van der Waals surface area contributed by atoms with E-state index in [0.29, 0.717) is 0 Å². The predicted octanol–water partition coefficient (Wildman–Crippen LogP) is 1.01. The lowest BCUT2D eigenvalue weighted by Crippen LogP contribution is -2.22. The quantitative estimate of drug-likeness (QED) is 0.357. The molecule has 0 atom stereocenters. The number of nitro groups is 1. The van der Waals surface area contributed by atoms with Crippen molar-refractivity contribution in [3.8, 4) is 0 Å². The van der Waals surface area contributed by atoms with Gasteiger partial charge in [0.25, 0.3) is 0 Å². The number of hydrogen-bond acceptors (Lipinski definition) is 7. The highest BCUT2D eigenvalue weighted by Crippen LogP contribution is 2.29. The van der Waals surface area contributed by atoms with E-state index in [1.54, 1.807) is 0 Å². The molecule has 0 amide bonds. The second kappa shape index (κ2) is 5.02. The fourth-order valence-electron chi connectivity index (χ4n) is 2.24. The van der Waals surface area contributed by atoms with Crippen molar-refractivity contribution in [3.05, 3.63) is 68.5 Å². The lowest BCUT2D eigenvalue weighted by molar-refractivity contribution is -0.402. The van der Waals surface area contributed by atoms with Crippen LogP contribution in [-0.4, -0.2) is 22.5 Å². The van der Waals surface area contributed by atoms with Gasteiger partial charge in [0.2, 0.25) is 0 Å². The second-order valence-electron chi connectivity index (χ2n) is 4.70. The summed E-state index contributed by atoms with van der Waals surface area (Å²) >= 11 is 0. The van der Waals surface area contributed by atoms with Gasteiger partial charge in [0.05, 0.1) is 17.6 Å². The maximum atomic E-state index is 12.2. The van der Waals surface area contributed by atoms with Gasteiger partial charge in [-0.1, -0.05) is 6.07 Å². The summed E-state index contributed by atoms with van der Waals surface area (Å²) in [6.07, 6.45) is 1.09. The number of Topliss-reactive ketones (excluding diaryl/α,β-unsaturated/α-hetero) is 2. The minimum absolute atomic E-state index is 0.0265. The van der Waals surface area contributed by atoms with Crippen molar-refractivity contribution in [1.82, 2.24) is 0 Å². The number of fused-ring (bicyclic) bond motifs is 1. The molecule has 0 spiro atoms. The van der Waals surface area contributed by atoms with Crippen molar-refractivity contribution < 1.29 is 28.8 Å². The molecule has 114 valence electrons. The lowest BCUT2D eigenvalue weighted by Gasteiger charge is -2.03. The van der Waals surface area contributed by atoms with Crippen LogP contribution in [0.25, 0.3) is 6.08 Å². The lowest BCUT2D eigenvalue weighted by atomic mass is 10.1. The topological polar surface area (TPSA) is 131 Å². The van der Waals surface area contributed by atoms with Crippen molar-refractivity contribution in [1.29, 1.82) is 0 Å². The summed E-state index contributed by atoms with van der Waals surface area (Å²) in [6, 6.07) is 5.81. The van der Waals surface area contributed by atoms with Gasteiger partial charge >= 0.3 is 5.88 Å². The van der Waals surface area contributed by atoms with E-state index in [0.717, 1.165) is 18.2 Å². The Bertz CT molecular complexity index is 920. The van der Waals surface area contributed by atoms with Crippen LogP contribution in [0.3, 0.4) is 0 Å². The molecule has 1 aliphatic rings. The monoisotopic (exact) mass is 312 g/mol. The van der Waals surface area contributed by atoms with E-state index in [1.807, 2.05) is 0 Å². The van der Waals surface area contributed by atoms with E-state index in [9.17, 15) is 29.6 Å². The number of carbonyl (C=O) groups excluding carboxylic acids is 3. The predicted molar refractivity (Wildman–Crippen MR) is 72.8 cm³/mol. The van der Waals surface area contributed by atoms with Crippen LogP contribution in [0.5, 0.6) is 0 Å². The van der Waals surface area contributed by atoms with Crippen molar-refractivity contribution in [3.63, 3.8) is 0 Å². The van der Waals surface area contributed by atoms with Gasteiger partial charge in [0, 0.05) is 11.1 Å². The van der Waals surface area contributed by atoms with Crippen LogP contribution in [0, 0.1) is 10.1 Å². The van der Waals surface area contributed by atoms with E-state index in [1.165, 1.54) is 18.2 Å². The Labute approximate surface area is 127 Å². The molecule has 2 aromatic rings. The zero-order valence-electron chi connectivity index (χ0n) is 11.3. The van der Waals surface area contributed by atoms with Gasteiger partial charge in [-0.3, -0.25) is 19.7 Å². The highest BCUT2D eigenvalue weighted by molar-refractivity contribution is 6.41. The Hall–Kier alpha value is -3.55. The molecule has 0 N–H and O–H groups in total. The first-order chi connectivity index (χ1) is 10.9. The maximum Gasteiger partial charge on any atom is 0.433 e. The van der Waals surface area contributed by atoms with Crippen LogP contribution in [0.15, 0.2) is 40.3 Å². The average Bonchev–Trinajstić information content (AvgIpc) is 3.07. The summed E-state index contributed by atoms with van der Waals surface area (Å²) in [6.45, 7) is 0. The number of nitrogens with zero attached hydrogens (tertiary/aromatic N) is 1. The SMILES string of the molecule is O=C([O-])c1ccc2c(c1)C(=O)C(=Cc1ccc([N+](=O)[O-])o1)C2=O. The summed E-state index contributed by atoms with van der Waals surface area (Å²) in [5, 5.41) is 21.4. The molecular formula is C15H6NO7-. The number of aromatic carboxylic acids is 1. The number of benzene rings is 1. The fourth-order valence-corrected chi connectivity index (χ4v) is 2.24. The number of carboxylic acid groups (broad SMARTS) is 1. The average molecular weight is 312 g/mol. The Balaban J connectivity index is 2.03. The summed E-state index contributed by atoms with van der Waals surface area (Å²) in [5.74, 6) is -3.29. The molecule has 0 fully saturated rings. The third-order valence-electron chi connectivity index (χ3n) is 3.31. The third-order valence-corrected chi connectivity index (χ3v) is 3.31. The van der Waals surface area contributed by atoms with Gasteiger partial charge in [-0.25, -0.2) is 0 Å². The van der Waals surface area contributed by atoms with Gasteiger partial charge in [-0.05, 0) is 29.8 Å². The molecule has 23 heavy (non-hydrogen) atoms. The number of carboxylic acids is 1. The molecular weight excluding hydrogens is 306 g/mol. The van der Waals surface area contributed by atoms with Crippen molar-refractivity contribution in [2.24, 2.45) is 0 Å². The molecule has 0 saturated carbocycles. The van der Waals surface area contributed by atoms with Gasteiger partial charge in [0.15, 0.2) is 11.6 Å². The normalized spacial score (nSPS) is 15.0. The summed E-state index contributed by atoms with van der Waals surface area (Å²) in [5.41, 5.74) is -0.462. The van der Waals surface area contributed by atoms with Gasteiger partial charge in [0.1, 0.15) is 10.7 Å². The fraction of sp³-hybridized carbons (Fsp3) is 0. The molecule has 0 unspecified atom stereocenters. The Morgan fingerprint density at radius 3 is 2.39 bits per heavy atom. The molecule has 0 aliphatic heterocycles. The summed E-state index contributed by atoms with van der Waals surface area (Å²) in [7, 11) is 0. The van der Waals surface area contributed by atoms with E-state index in [4.69, 9.17) is 4.42 Å². The molecule has 1 aromatic carbocycles. The Morgan fingerprint density at radius 1 is 1.09 bits per heavy atom. The first-order valence-electron chi connectivity index (χ1n) is 6.29. The Kier molecular flexibility index (Phi) is 3.14. The second-order valence-corrected chi connectivity index (χ2v) is 4.70. The van der Waals surface area contributed by atoms with E-state index < -0.39 is 28.3 Å². The van der Waals surface area contributed by atoms with Crippen LogP contribution < -0.4 is 5.11 Å². The highest BCUT2D eigenvalue weighted by Gasteiger charge is 2.33. The molecule has 1 heterocycles. The molecule has 3 rings (SSSR count). The van der Waals surface area contributed by atoms with Crippen LogP contribution >= 0.6 is 0 Å². The Morgan fingerprint density at radius 2 is 1.78 bits per heavy atom. The number of rotatable bonds is 3. The summed E-state index contributed by atoms with van der Waals surface area (Å²) in [4.78, 5) is 45.1. The van der Waals surface area contributed by atoms with Crippen molar-refractivity contribution >= 4 is 29.5 Å². The number of furan rings is 1. The van der Waals surface area contributed by atoms with Crippen LogP contribution in [0.2, 0.25) is 0 Å². The molecule has 1 aromatic heterocycles. The zero-order valence-corrected chi connectivity index (χ0v) is 11.3. The van der Waals surface area contributed by atoms with E-state index in [-0.39, 0.29) is 28.0 Å². The summed E-state index contributed by atoms with van der Waals surface area (Å²) < 4.78 is 4.88. The molecule has 0 saturated heterocycles. The number of carbonyl (C=O) groups is 3. The van der Waals surface area contributed by atoms with Crippen LogP contribution in [-0.2, 0) is 0 Å². The van der Waals surface area contributed by atoms with E-state index in [2.05, 4.69) is 0 Å². The number of ketones is 2. The maximum absolute atomic E-state index is 12.2. The van der Waals surface area contributed by atoms with E-state index >= 15 is 0 Å². The molecule has 8 nitrogen and oxygen atoms in total. The third kappa shape index (κ3) is 2.31. The standard InChI is InChI=1S/C15H7NO7/c17-13-9-3-1-7(15(19)20)5-10(9)14(18)11(13)6-8-2-4-12(23-8)16(21)22/h1-6H,(H,19,20)/p-1. The van der Waals surface area contributed by atoms with Gasteiger partial charge < -0.3 is 14.3 Å². The highest BCUT2D eigenvalue weighted by atomic mass is 16.6. The number of hydrogen-bond donors (Lipinski definition) is 0. The van der Waals surface area contributed by atoms with Crippen LogP contribution in [0.1, 0.15) is 36.8 Å². The van der Waals surface area contributed by atoms with Crippen molar-refractivity contribution in [2.75, 3.05) is 0 Å². The molecule has 8 heteroatoms. The smallest absolute Gasteiger partial charge is 0.433 e. The first-order valence-corrected chi connectivity index (χ1v) is 6.29.